The molecule has 3 unspecified atom stereocenters. The van der Waals surface area contributed by atoms with Crippen LogP contribution in [0.5, 0.6) is 0 Å². The number of aromatic nitrogens is 3. The second-order valence-corrected chi connectivity index (χ2v) is 8.89. The van der Waals surface area contributed by atoms with E-state index in [2.05, 4.69) is 20.9 Å². The highest BCUT2D eigenvalue weighted by Crippen LogP contribution is 2.31. The molecule has 0 saturated carbocycles. The van der Waals surface area contributed by atoms with Crippen molar-refractivity contribution in [1.82, 2.24) is 25.6 Å². The maximum atomic E-state index is 12.4. The second kappa shape index (κ2) is 12.9. The molecule has 0 spiro atoms. The number of aliphatic hydroxyl groups excluding tert-OH is 5. The molecule has 1 aliphatic rings. The van der Waals surface area contributed by atoms with Gasteiger partial charge in [-0.1, -0.05) is 29.5 Å². The van der Waals surface area contributed by atoms with E-state index in [-0.39, 0.29) is 13.0 Å². The summed E-state index contributed by atoms with van der Waals surface area (Å²) in [6.45, 7) is -1.59. The number of nitrogens with one attached hydrogen (secondary N) is 2. The monoisotopic (exact) mass is 537 g/mol. The number of nitrogens with zero attached hydrogens (tertiary/aromatic N) is 3. The molecule has 2 aromatic rings. The highest BCUT2D eigenvalue weighted by Gasteiger charge is 2.54. The minimum Gasteiger partial charge on any atom is -0.479 e. The van der Waals surface area contributed by atoms with Gasteiger partial charge in [0.25, 0.3) is 0 Å². The van der Waals surface area contributed by atoms with Gasteiger partial charge in [0.05, 0.1) is 44.5 Å². The first-order valence-electron chi connectivity index (χ1n) is 11.8. The van der Waals surface area contributed by atoms with Crippen LogP contribution in [0.4, 0.5) is 0 Å². The van der Waals surface area contributed by atoms with Crippen LogP contribution in [0.2, 0.25) is 0 Å². The van der Waals surface area contributed by atoms with Crippen LogP contribution >= 0.6 is 0 Å². The number of benzene rings is 1. The van der Waals surface area contributed by atoms with E-state index >= 15 is 0 Å². The molecule has 38 heavy (non-hydrogen) atoms. The minimum absolute atomic E-state index is 0.0637. The zero-order chi connectivity index (χ0) is 27.9. The molecule has 1 fully saturated rings. The Balaban J connectivity index is 1.54. The molecule has 2 amide bonds. The Morgan fingerprint density at radius 2 is 1.87 bits per heavy atom. The number of carbonyl (C=O) groups excluding carboxylic acids is 2. The van der Waals surface area contributed by atoms with Crippen molar-refractivity contribution in [1.29, 1.82) is 0 Å². The van der Waals surface area contributed by atoms with E-state index in [4.69, 9.17) is 14.9 Å². The Bertz CT molecular complexity index is 1110. The lowest BCUT2D eigenvalue weighted by atomic mass is 9.82. The van der Waals surface area contributed by atoms with Gasteiger partial charge in [0.15, 0.2) is 5.60 Å². The molecule has 2 heterocycles. The standard InChI is InChI=1S/C23H31N5O10/c29-6-5-28-10-15(26-27-28)14-3-1-13(2-4-14)7-19(33)24-9-18(32)21(35)23(22(36)37)8-17(31)16(12-38-23)25-20(34)11-30/h1-4,10,16-18,21,29-32,35H,5-9,11-12H2,(H,24,33)(H,25,34)(H,36,37)/t16?,17?,18-,21-,23?/m1/s1. The molecular weight excluding hydrogens is 506 g/mol. The smallest absolute Gasteiger partial charge is 0.338 e. The Morgan fingerprint density at radius 3 is 2.47 bits per heavy atom. The zero-order valence-corrected chi connectivity index (χ0v) is 20.3. The molecule has 0 aliphatic carbocycles. The van der Waals surface area contributed by atoms with Crippen LogP contribution in [-0.2, 0) is 32.1 Å². The minimum atomic E-state index is -2.39. The maximum absolute atomic E-state index is 12.4. The van der Waals surface area contributed by atoms with E-state index in [9.17, 15) is 34.8 Å². The Hall–Kier alpha value is -3.47. The number of aliphatic carboxylic acids is 1. The van der Waals surface area contributed by atoms with Crippen molar-refractivity contribution in [3.8, 4) is 11.3 Å². The number of carbonyl (C=O) groups is 3. The first kappa shape index (κ1) is 29.1. The topological polar surface area (TPSA) is 237 Å². The van der Waals surface area contributed by atoms with Crippen LogP contribution in [0.1, 0.15) is 12.0 Å². The van der Waals surface area contributed by atoms with E-state index < -0.39 is 73.9 Å². The molecule has 1 aromatic carbocycles. The van der Waals surface area contributed by atoms with Gasteiger partial charge in [-0.25, -0.2) is 9.48 Å². The van der Waals surface area contributed by atoms with Gasteiger partial charge in [0.1, 0.15) is 24.5 Å². The van der Waals surface area contributed by atoms with E-state index in [1.807, 2.05) is 0 Å². The van der Waals surface area contributed by atoms with Crippen molar-refractivity contribution in [3.05, 3.63) is 36.0 Å². The molecule has 3 rings (SSSR count). The number of hydrogen-bond donors (Lipinski definition) is 8. The maximum Gasteiger partial charge on any atom is 0.338 e. The lowest BCUT2D eigenvalue weighted by Gasteiger charge is -2.43. The highest BCUT2D eigenvalue weighted by molar-refractivity contribution is 5.80. The molecule has 208 valence electrons. The van der Waals surface area contributed by atoms with Gasteiger partial charge in [-0.05, 0) is 5.56 Å². The van der Waals surface area contributed by atoms with Crippen molar-refractivity contribution in [2.75, 3.05) is 26.4 Å². The first-order chi connectivity index (χ1) is 18.1. The Labute approximate surface area is 216 Å². The van der Waals surface area contributed by atoms with Gasteiger partial charge in [-0.15, -0.1) is 5.10 Å². The van der Waals surface area contributed by atoms with Crippen LogP contribution in [0.25, 0.3) is 11.3 Å². The van der Waals surface area contributed by atoms with E-state index in [0.29, 0.717) is 17.8 Å². The van der Waals surface area contributed by atoms with Crippen LogP contribution in [-0.4, -0.2) is 120 Å². The summed E-state index contributed by atoms with van der Waals surface area (Å²) in [6.07, 6.45) is -4.28. The first-order valence-corrected chi connectivity index (χ1v) is 11.8. The van der Waals surface area contributed by atoms with Gasteiger partial charge < -0.3 is 46.0 Å². The van der Waals surface area contributed by atoms with E-state index in [0.717, 1.165) is 5.56 Å². The molecule has 1 aromatic heterocycles. The fraction of sp³-hybridized carbons (Fsp3) is 0.522. The number of rotatable bonds is 12. The SMILES string of the molecule is O=C(Cc1ccc(-c2cn(CCO)nn2)cc1)NC[C@@H](O)[C@@H](O)C1(C(=O)O)CC(O)C(NC(=O)CO)CO1. The predicted molar refractivity (Wildman–Crippen MR) is 127 cm³/mol. The summed E-state index contributed by atoms with van der Waals surface area (Å²) in [5.74, 6) is -2.94. The summed E-state index contributed by atoms with van der Waals surface area (Å²) in [6, 6.07) is 5.87. The lowest BCUT2D eigenvalue weighted by molar-refractivity contribution is -0.220. The fourth-order valence-corrected chi connectivity index (χ4v) is 4.06. The zero-order valence-electron chi connectivity index (χ0n) is 20.3. The molecule has 1 saturated heterocycles. The van der Waals surface area contributed by atoms with Crippen LogP contribution < -0.4 is 10.6 Å². The van der Waals surface area contributed by atoms with Gasteiger partial charge in [-0.2, -0.15) is 0 Å². The number of aliphatic hydroxyl groups is 5. The van der Waals surface area contributed by atoms with Crippen LogP contribution in [0.15, 0.2) is 30.5 Å². The molecule has 8 N–H and O–H groups in total. The molecule has 0 radical (unpaired) electrons. The molecular formula is C23H31N5O10. The quantitative estimate of drug-likeness (QED) is 0.131. The average Bonchev–Trinajstić information content (AvgIpc) is 3.37. The number of hydrogen-bond acceptors (Lipinski definition) is 11. The normalized spacial score (nSPS) is 22.9. The molecule has 1 aliphatic heterocycles. The summed E-state index contributed by atoms with van der Waals surface area (Å²) in [7, 11) is 0. The third kappa shape index (κ3) is 6.89. The van der Waals surface area contributed by atoms with Crippen molar-refractivity contribution in [3.63, 3.8) is 0 Å². The predicted octanol–water partition coefficient (Wildman–Crippen LogP) is -3.60. The number of carboxylic acids is 1. The van der Waals surface area contributed by atoms with Crippen molar-refractivity contribution < 1.29 is 49.8 Å². The Kier molecular flexibility index (Phi) is 9.84. The summed E-state index contributed by atoms with van der Waals surface area (Å²) >= 11 is 0. The van der Waals surface area contributed by atoms with Gasteiger partial charge in [0.2, 0.25) is 11.8 Å². The summed E-state index contributed by atoms with van der Waals surface area (Å²) in [5.41, 5.74) is -0.403. The van der Waals surface area contributed by atoms with Gasteiger partial charge in [0, 0.05) is 18.5 Å². The fourth-order valence-electron chi connectivity index (χ4n) is 4.06. The number of amides is 2. The van der Waals surface area contributed by atoms with E-state index in [1.165, 1.54) is 4.68 Å². The third-order valence-corrected chi connectivity index (χ3v) is 6.18. The summed E-state index contributed by atoms with van der Waals surface area (Å²) in [4.78, 5) is 35.7. The van der Waals surface area contributed by atoms with Crippen molar-refractivity contribution in [2.45, 2.75) is 49.3 Å². The van der Waals surface area contributed by atoms with Crippen molar-refractivity contribution >= 4 is 17.8 Å². The average molecular weight is 538 g/mol. The van der Waals surface area contributed by atoms with E-state index in [1.54, 1.807) is 30.5 Å². The molecule has 5 atom stereocenters. The van der Waals surface area contributed by atoms with Crippen LogP contribution in [0, 0.1) is 0 Å². The van der Waals surface area contributed by atoms with Gasteiger partial charge >= 0.3 is 5.97 Å². The lowest BCUT2D eigenvalue weighted by Crippen LogP contribution is -2.66. The largest absolute Gasteiger partial charge is 0.479 e. The molecule has 15 nitrogen and oxygen atoms in total. The third-order valence-electron chi connectivity index (χ3n) is 6.18. The number of ether oxygens (including phenoxy) is 1. The van der Waals surface area contributed by atoms with Crippen LogP contribution in [0.3, 0.4) is 0 Å². The molecule has 15 heteroatoms. The number of carboxylic acid groups (broad SMARTS) is 1. The van der Waals surface area contributed by atoms with Gasteiger partial charge in [-0.3, -0.25) is 9.59 Å². The second-order valence-electron chi connectivity index (χ2n) is 8.89. The highest BCUT2D eigenvalue weighted by atomic mass is 16.5. The molecule has 0 bridgehead atoms. The summed E-state index contributed by atoms with van der Waals surface area (Å²) in [5, 5.41) is 71.4. The Morgan fingerprint density at radius 1 is 1.16 bits per heavy atom. The van der Waals surface area contributed by atoms with Crippen molar-refractivity contribution in [2.24, 2.45) is 0 Å². The summed E-state index contributed by atoms with van der Waals surface area (Å²) < 4.78 is 6.80.